The second-order valence-electron chi connectivity index (χ2n) is 5.02. The first-order valence-electron chi connectivity index (χ1n) is 7.68. The first-order chi connectivity index (χ1) is 11.5. The van der Waals surface area contributed by atoms with E-state index in [4.69, 9.17) is 20.6 Å². The average Bonchev–Trinajstić information content (AvgIpc) is 2.54. The zero-order chi connectivity index (χ0) is 17.6. The summed E-state index contributed by atoms with van der Waals surface area (Å²) in [5.74, 6) is -0.598. The van der Waals surface area contributed by atoms with Crippen molar-refractivity contribution in [2.24, 2.45) is 0 Å². The number of halogens is 1. The molecule has 2 aromatic rings. The van der Waals surface area contributed by atoms with Gasteiger partial charge in [0.05, 0.1) is 13.2 Å². The molecule has 2 aromatic carbocycles. The van der Waals surface area contributed by atoms with Gasteiger partial charge in [-0.05, 0) is 49.7 Å². The van der Waals surface area contributed by atoms with E-state index in [1.165, 1.54) is 12.1 Å². The minimum absolute atomic E-state index is 0.128. The van der Waals surface area contributed by atoms with Crippen LogP contribution in [-0.2, 0) is 13.6 Å². The predicted molar refractivity (Wildman–Crippen MR) is 96.8 cm³/mol. The highest BCUT2D eigenvalue weighted by atomic mass is 35.5. The lowest BCUT2D eigenvalue weighted by Gasteiger charge is -2.28. The van der Waals surface area contributed by atoms with Gasteiger partial charge in [-0.1, -0.05) is 29.8 Å². The van der Waals surface area contributed by atoms with E-state index in [0.29, 0.717) is 16.3 Å². The zero-order valence-electron chi connectivity index (χ0n) is 13.6. The van der Waals surface area contributed by atoms with Crippen molar-refractivity contribution in [1.82, 2.24) is 0 Å². The van der Waals surface area contributed by atoms with Crippen molar-refractivity contribution in [2.75, 3.05) is 18.5 Å². The molecule has 0 saturated heterocycles. The van der Waals surface area contributed by atoms with Crippen LogP contribution in [0.3, 0.4) is 0 Å². The van der Waals surface area contributed by atoms with E-state index in [0.717, 1.165) is 0 Å². The molecule has 0 aliphatic heterocycles. The summed E-state index contributed by atoms with van der Waals surface area (Å²) < 4.78 is 24.3. The predicted octanol–water partition coefficient (Wildman–Crippen LogP) is 5.42. The fraction of sp³-hybridized carbons (Fsp3) is 0.294. The molecule has 0 amide bonds. The molecular formula is C17H21ClNO4P. The van der Waals surface area contributed by atoms with E-state index in [9.17, 15) is 9.67 Å². The quantitative estimate of drug-likeness (QED) is 0.608. The molecule has 0 aromatic heterocycles. The molecule has 1 unspecified atom stereocenters. The second kappa shape index (κ2) is 8.54. The first-order valence-corrected chi connectivity index (χ1v) is 9.67. The molecule has 0 aliphatic carbocycles. The third-order valence-electron chi connectivity index (χ3n) is 3.27. The Labute approximate surface area is 147 Å². The van der Waals surface area contributed by atoms with Crippen LogP contribution in [0.2, 0.25) is 5.02 Å². The Morgan fingerprint density at radius 1 is 1.12 bits per heavy atom. The Morgan fingerprint density at radius 2 is 1.75 bits per heavy atom. The summed E-state index contributed by atoms with van der Waals surface area (Å²) >= 11 is 6.03. The largest absolute Gasteiger partial charge is 0.508 e. The summed E-state index contributed by atoms with van der Waals surface area (Å²) in [4.78, 5) is 0. The number of benzene rings is 2. The van der Waals surface area contributed by atoms with E-state index in [1.807, 2.05) is 6.07 Å². The lowest BCUT2D eigenvalue weighted by atomic mass is 10.2. The fourth-order valence-electron chi connectivity index (χ4n) is 2.28. The molecule has 0 heterocycles. The molecular weight excluding hydrogens is 349 g/mol. The summed E-state index contributed by atoms with van der Waals surface area (Å²) in [6.45, 7) is 4.03. The van der Waals surface area contributed by atoms with Gasteiger partial charge in [-0.3, -0.25) is 4.57 Å². The minimum atomic E-state index is -3.48. The van der Waals surface area contributed by atoms with E-state index in [2.05, 4.69) is 5.32 Å². The number of anilines is 1. The number of phenolic OH excluding ortho intramolecular Hbond substituents is 1. The van der Waals surface area contributed by atoms with Crippen LogP contribution in [0, 0.1) is 0 Å². The maximum atomic E-state index is 13.3. The molecule has 0 fully saturated rings. The van der Waals surface area contributed by atoms with Gasteiger partial charge in [0.1, 0.15) is 5.75 Å². The van der Waals surface area contributed by atoms with Gasteiger partial charge in [-0.15, -0.1) is 0 Å². The number of hydrogen-bond acceptors (Lipinski definition) is 5. The van der Waals surface area contributed by atoms with E-state index in [-0.39, 0.29) is 19.0 Å². The van der Waals surface area contributed by atoms with Crippen molar-refractivity contribution in [3.63, 3.8) is 0 Å². The lowest BCUT2D eigenvalue weighted by molar-refractivity contribution is 0.214. The van der Waals surface area contributed by atoms with Gasteiger partial charge in [-0.2, -0.15) is 0 Å². The van der Waals surface area contributed by atoms with Crippen LogP contribution in [0.25, 0.3) is 0 Å². The number of rotatable bonds is 8. The van der Waals surface area contributed by atoms with Crippen molar-refractivity contribution in [3.8, 4) is 5.75 Å². The van der Waals surface area contributed by atoms with Gasteiger partial charge in [-0.25, -0.2) is 0 Å². The highest BCUT2D eigenvalue weighted by Crippen LogP contribution is 2.60. The Bertz CT molecular complexity index is 698. The van der Waals surface area contributed by atoms with Crippen molar-refractivity contribution >= 4 is 24.9 Å². The smallest absolute Gasteiger partial charge is 0.357 e. The average molecular weight is 370 g/mol. The van der Waals surface area contributed by atoms with Crippen LogP contribution >= 0.6 is 19.2 Å². The Morgan fingerprint density at radius 3 is 2.29 bits per heavy atom. The SMILES string of the molecule is CCOP(=O)(OCC)C(Nc1cccc(Cl)c1)c1ccc(O)cc1. The third-order valence-corrected chi connectivity index (χ3v) is 5.80. The fourth-order valence-corrected chi connectivity index (χ4v) is 4.41. The molecule has 0 aliphatic rings. The normalized spacial score (nSPS) is 12.8. The molecule has 24 heavy (non-hydrogen) atoms. The number of hydrogen-bond donors (Lipinski definition) is 2. The summed E-state index contributed by atoms with van der Waals surface area (Å²) in [5.41, 5.74) is 1.37. The number of aromatic hydroxyl groups is 1. The van der Waals surface area contributed by atoms with Gasteiger partial charge in [0.25, 0.3) is 0 Å². The maximum absolute atomic E-state index is 13.3. The van der Waals surface area contributed by atoms with Crippen molar-refractivity contribution in [1.29, 1.82) is 0 Å². The van der Waals surface area contributed by atoms with Crippen LogP contribution in [0.4, 0.5) is 5.69 Å². The van der Waals surface area contributed by atoms with Gasteiger partial charge in [0.2, 0.25) is 0 Å². The van der Waals surface area contributed by atoms with E-state index in [1.54, 1.807) is 44.2 Å². The summed E-state index contributed by atoms with van der Waals surface area (Å²) in [6, 6.07) is 13.5. The van der Waals surface area contributed by atoms with Gasteiger partial charge in [0, 0.05) is 10.7 Å². The lowest BCUT2D eigenvalue weighted by Crippen LogP contribution is -2.15. The number of nitrogens with one attached hydrogen (secondary N) is 1. The van der Waals surface area contributed by atoms with Gasteiger partial charge >= 0.3 is 7.60 Å². The van der Waals surface area contributed by atoms with Crippen LogP contribution in [-0.4, -0.2) is 18.3 Å². The van der Waals surface area contributed by atoms with E-state index < -0.39 is 13.4 Å². The molecule has 2 N–H and O–H groups in total. The highest BCUT2D eigenvalue weighted by molar-refractivity contribution is 7.54. The van der Waals surface area contributed by atoms with Crippen LogP contribution in [0.15, 0.2) is 48.5 Å². The summed E-state index contributed by atoms with van der Waals surface area (Å²) in [5, 5.41) is 13.3. The minimum Gasteiger partial charge on any atom is -0.508 e. The Kier molecular flexibility index (Phi) is 6.69. The second-order valence-corrected chi connectivity index (χ2v) is 7.57. The molecule has 2 rings (SSSR count). The highest BCUT2D eigenvalue weighted by Gasteiger charge is 2.37. The molecule has 130 valence electrons. The Balaban J connectivity index is 2.43. The molecule has 0 saturated carbocycles. The standard InChI is InChI=1S/C17H21ClNO4P/c1-3-22-24(21,23-4-2)17(13-8-10-16(20)11-9-13)19-15-7-5-6-14(18)12-15/h5-12,17,19-20H,3-4H2,1-2H3. The van der Waals surface area contributed by atoms with Crippen molar-refractivity contribution < 1.29 is 18.7 Å². The monoisotopic (exact) mass is 369 g/mol. The molecule has 7 heteroatoms. The zero-order valence-corrected chi connectivity index (χ0v) is 15.3. The molecule has 1 atom stereocenters. The van der Waals surface area contributed by atoms with Gasteiger partial charge < -0.3 is 19.5 Å². The third kappa shape index (κ3) is 4.74. The van der Waals surface area contributed by atoms with Crippen LogP contribution in [0.1, 0.15) is 25.2 Å². The number of phenols is 1. The topological polar surface area (TPSA) is 67.8 Å². The molecule has 5 nitrogen and oxygen atoms in total. The molecule has 0 radical (unpaired) electrons. The van der Waals surface area contributed by atoms with E-state index >= 15 is 0 Å². The van der Waals surface area contributed by atoms with Gasteiger partial charge in [0.15, 0.2) is 5.78 Å². The Hall–Kier alpha value is -1.52. The summed E-state index contributed by atoms with van der Waals surface area (Å²) in [7, 11) is -3.48. The first kappa shape index (κ1) is 18.8. The van der Waals surface area contributed by atoms with Crippen molar-refractivity contribution in [2.45, 2.75) is 19.6 Å². The van der Waals surface area contributed by atoms with Crippen molar-refractivity contribution in [3.05, 3.63) is 59.1 Å². The maximum Gasteiger partial charge on any atom is 0.357 e. The molecule has 0 spiro atoms. The van der Waals surface area contributed by atoms with Crippen LogP contribution < -0.4 is 5.32 Å². The van der Waals surface area contributed by atoms with Crippen LogP contribution in [0.5, 0.6) is 5.75 Å². The molecule has 0 bridgehead atoms. The summed E-state index contributed by atoms with van der Waals surface area (Å²) in [6.07, 6.45) is 0.